The van der Waals surface area contributed by atoms with Crippen LogP contribution in [-0.4, -0.2) is 37.6 Å². The second-order valence-corrected chi connectivity index (χ2v) is 10.5. The van der Waals surface area contributed by atoms with Crippen LogP contribution in [0.3, 0.4) is 0 Å². The van der Waals surface area contributed by atoms with Crippen molar-refractivity contribution in [1.82, 2.24) is 10.3 Å². The van der Waals surface area contributed by atoms with Crippen LogP contribution < -0.4 is 20.7 Å². The first-order valence-corrected chi connectivity index (χ1v) is 13.6. The first-order valence-electron chi connectivity index (χ1n) is 11.9. The van der Waals surface area contributed by atoms with Crippen LogP contribution in [0, 0.1) is 6.57 Å². The molecule has 1 heterocycles. The molecular formula is C27H29N5O5S. The predicted octanol–water partition coefficient (Wildman–Crippen LogP) is 4.25. The average molecular weight is 536 g/mol. The Morgan fingerprint density at radius 2 is 1.84 bits per heavy atom. The van der Waals surface area contributed by atoms with Crippen molar-refractivity contribution in [2.45, 2.75) is 38.3 Å². The molecular weight excluding hydrogens is 506 g/mol. The molecule has 0 aliphatic heterocycles. The summed E-state index contributed by atoms with van der Waals surface area (Å²) in [5.74, 6) is -0.0424. The number of hydrogen-bond donors (Lipinski definition) is 3. The summed E-state index contributed by atoms with van der Waals surface area (Å²) in [6.07, 6.45) is 1.46. The van der Waals surface area contributed by atoms with Gasteiger partial charge in [-0.15, -0.1) is 4.98 Å². The average Bonchev–Trinajstić information content (AvgIpc) is 2.90. The van der Waals surface area contributed by atoms with Crippen molar-refractivity contribution in [2.75, 3.05) is 23.0 Å². The Labute approximate surface area is 222 Å². The van der Waals surface area contributed by atoms with E-state index in [-0.39, 0.29) is 28.9 Å². The quantitative estimate of drug-likeness (QED) is 0.313. The molecule has 38 heavy (non-hydrogen) atoms. The van der Waals surface area contributed by atoms with E-state index in [1.807, 2.05) is 6.92 Å². The number of nitrogens with zero attached hydrogens (tertiary/aromatic N) is 2. The van der Waals surface area contributed by atoms with Gasteiger partial charge in [-0.3, -0.25) is 9.59 Å². The number of rotatable bonds is 11. The van der Waals surface area contributed by atoms with Gasteiger partial charge in [0.1, 0.15) is 18.0 Å². The fourth-order valence-corrected chi connectivity index (χ4v) is 4.81. The van der Waals surface area contributed by atoms with E-state index in [1.165, 1.54) is 44.3 Å². The van der Waals surface area contributed by atoms with Crippen LogP contribution in [0.25, 0.3) is 4.85 Å². The number of aromatic nitrogens is 1. The van der Waals surface area contributed by atoms with Gasteiger partial charge in [0.05, 0.1) is 22.9 Å². The van der Waals surface area contributed by atoms with Gasteiger partial charge in [0.25, 0.3) is 5.82 Å². The lowest BCUT2D eigenvalue weighted by molar-refractivity contribution is -0.122. The maximum absolute atomic E-state index is 13.5. The third-order valence-electron chi connectivity index (χ3n) is 5.49. The van der Waals surface area contributed by atoms with Crippen molar-refractivity contribution in [1.29, 1.82) is 0 Å². The Balaban J connectivity index is 1.93. The molecule has 0 aliphatic carbocycles. The van der Waals surface area contributed by atoms with Crippen molar-refractivity contribution in [2.24, 2.45) is 0 Å². The Bertz CT molecular complexity index is 1450. The highest BCUT2D eigenvalue weighted by Crippen LogP contribution is 2.26. The molecule has 0 aliphatic rings. The monoisotopic (exact) mass is 535 g/mol. The number of pyridine rings is 1. The van der Waals surface area contributed by atoms with Crippen molar-refractivity contribution in [3.05, 3.63) is 83.3 Å². The minimum atomic E-state index is -3.59. The standard InChI is InChI=1S/C27H29N5O5S/c1-5-37-23-9-7-8-19(15-23)26(32-22-11-13-25(28-4)29-17-22)27(34)30-16-20-14-21(31-18(3)33)10-12-24(20)38(35,36)6-2/h7-15,17,26,32H,5-6,16H2,1-3H3,(H,30,34)(H,31,33). The van der Waals surface area contributed by atoms with Crippen LogP contribution in [0.2, 0.25) is 0 Å². The number of sulfone groups is 1. The van der Waals surface area contributed by atoms with E-state index in [4.69, 9.17) is 11.3 Å². The van der Waals surface area contributed by atoms with Gasteiger partial charge in [-0.2, -0.15) is 0 Å². The van der Waals surface area contributed by atoms with E-state index in [1.54, 1.807) is 30.3 Å². The molecule has 11 heteroatoms. The summed E-state index contributed by atoms with van der Waals surface area (Å²) in [4.78, 5) is 32.4. The van der Waals surface area contributed by atoms with Gasteiger partial charge >= 0.3 is 0 Å². The molecule has 0 saturated heterocycles. The van der Waals surface area contributed by atoms with Crippen LogP contribution in [0.15, 0.2) is 65.7 Å². The zero-order valence-electron chi connectivity index (χ0n) is 21.3. The first-order chi connectivity index (χ1) is 18.2. The van der Waals surface area contributed by atoms with E-state index in [0.717, 1.165) is 0 Å². The molecule has 3 N–H and O–H groups in total. The van der Waals surface area contributed by atoms with Crippen LogP contribution >= 0.6 is 0 Å². The molecule has 1 aromatic heterocycles. The number of carbonyl (C=O) groups is 2. The predicted molar refractivity (Wildman–Crippen MR) is 145 cm³/mol. The molecule has 3 rings (SSSR count). The number of anilines is 2. The summed E-state index contributed by atoms with van der Waals surface area (Å²) >= 11 is 0. The van der Waals surface area contributed by atoms with Gasteiger partial charge in [-0.1, -0.05) is 25.6 Å². The van der Waals surface area contributed by atoms with Crippen LogP contribution in [0.1, 0.15) is 37.9 Å². The normalized spacial score (nSPS) is 11.6. The maximum Gasteiger partial charge on any atom is 0.269 e. The van der Waals surface area contributed by atoms with Crippen molar-refractivity contribution in [3.8, 4) is 5.75 Å². The van der Waals surface area contributed by atoms with E-state index < -0.39 is 21.8 Å². The smallest absolute Gasteiger partial charge is 0.269 e. The Morgan fingerprint density at radius 1 is 1.08 bits per heavy atom. The Kier molecular flexibility index (Phi) is 9.40. The van der Waals surface area contributed by atoms with Gasteiger partial charge in [0.2, 0.25) is 11.8 Å². The fraction of sp³-hybridized carbons (Fsp3) is 0.259. The van der Waals surface area contributed by atoms with Crippen LogP contribution in [0.4, 0.5) is 17.2 Å². The number of nitrogens with one attached hydrogen (secondary N) is 3. The zero-order valence-corrected chi connectivity index (χ0v) is 22.1. The second-order valence-electron chi connectivity index (χ2n) is 8.22. The summed E-state index contributed by atoms with van der Waals surface area (Å²) in [5.41, 5.74) is 1.88. The minimum Gasteiger partial charge on any atom is -0.494 e. The summed E-state index contributed by atoms with van der Waals surface area (Å²) in [5, 5.41) is 8.60. The van der Waals surface area contributed by atoms with E-state index in [2.05, 4.69) is 25.8 Å². The molecule has 10 nitrogen and oxygen atoms in total. The lowest BCUT2D eigenvalue weighted by Gasteiger charge is -2.21. The highest BCUT2D eigenvalue weighted by atomic mass is 32.2. The summed E-state index contributed by atoms with van der Waals surface area (Å²) in [6, 6.07) is 13.8. The van der Waals surface area contributed by atoms with Crippen LogP contribution in [0.5, 0.6) is 5.75 Å². The summed E-state index contributed by atoms with van der Waals surface area (Å²) in [7, 11) is -3.59. The molecule has 1 unspecified atom stereocenters. The number of hydrogen-bond acceptors (Lipinski definition) is 7. The Morgan fingerprint density at radius 3 is 2.47 bits per heavy atom. The molecule has 2 amide bonds. The molecule has 2 aromatic carbocycles. The van der Waals surface area contributed by atoms with Crippen molar-refractivity contribution >= 4 is 38.8 Å². The molecule has 0 fully saturated rings. The number of benzene rings is 2. The van der Waals surface area contributed by atoms with Crippen molar-refractivity contribution in [3.63, 3.8) is 0 Å². The van der Waals surface area contributed by atoms with Crippen LogP contribution in [-0.2, 0) is 26.0 Å². The first kappa shape index (κ1) is 28.1. The van der Waals surface area contributed by atoms with Gasteiger partial charge < -0.3 is 25.5 Å². The van der Waals surface area contributed by atoms with Crippen molar-refractivity contribution < 1.29 is 22.7 Å². The van der Waals surface area contributed by atoms with Gasteiger partial charge in [0, 0.05) is 19.2 Å². The van der Waals surface area contributed by atoms with E-state index in [9.17, 15) is 18.0 Å². The fourth-order valence-electron chi connectivity index (χ4n) is 3.70. The molecule has 0 bridgehead atoms. The number of amides is 2. The van der Waals surface area contributed by atoms with Gasteiger partial charge in [0.15, 0.2) is 9.84 Å². The van der Waals surface area contributed by atoms with E-state index >= 15 is 0 Å². The molecule has 1 atom stereocenters. The summed E-state index contributed by atoms with van der Waals surface area (Å²) in [6.45, 7) is 12.2. The lowest BCUT2D eigenvalue weighted by atomic mass is 10.0. The second kappa shape index (κ2) is 12.7. The Hall–Kier alpha value is -4.43. The van der Waals surface area contributed by atoms with E-state index in [0.29, 0.717) is 34.9 Å². The highest BCUT2D eigenvalue weighted by molar-refractivity contribution is 7.91. The number of carbonyl (C=O) groups excluding carboxylic acids is 2. The van der Waals surface area contributed by atoms with Gasteiger partial charge in [-0.05, 0) is 60.5 Å². The summed E-state index contributed by atoms with van der Waals surface area (Å²) < 4.78 is 31.0. The minimum absolute atomic E-state index is 0.0798. The van der Waals surface area contributed by atoms with Gasteiger partial charge in [-0.25, -0.2) is 8.42 Å². The zero-order chi connectivity index (χ0) is 27.7. The third kappa shape index (κ3) is 7.30. The molecule has 198 valence electrons. The largest absolute Gasteiger partial charge is 0.494 e. The SMILES string of the molecule is [C-]#[N+]c1ccc(NC(C(=O)NCc2cc(NC(C)=O)ccc2S(=O)(=O)CC)c2cccc(OCC)c2)cn1. The molecule has 0 spiro atoms. The molecule has 3 aromatic rings. The third-order valence-corrected chi connectivity index (χ3v) is 7.32. The lowest BCUT2D eigenvalue weighted by Crippen LogP contribution is -2.33. The maximum atomic E-state index is 13.5. The topological polar surface area (TPSA) is 131 Å². The molecule has 0 radical (unpaired) electrons. The molecule has 0 saturated carbocycles. The highest BCUT2D eigenvalue weighted by Gasteiger charge is 2.23. The number of ether oxygens (including phenoxy) is 1.